The molecule has 1 heterocycles. The number of nitrogens with one attached hydrogen (secondary N) is 1. The summed E-state index contributed by atoms with van der Waals surface area (Å²) >= 11 is 1.97. The highest BCUT2D eigenvalue weighted by Gasteiger charge is 2.30. The number of thioether (sulfide) groups is 1. The van der Waals surface area contributed by atoms with Crippen molar-refractivity contribution in [2.24, 2.45) is 11.1 Å². The first kappa shape index (κ1) is 14.8. The molecule has 0 saturated carbocycles. The Morgan fingerprint density at radius 3 is 2.65 bits per heavy atom. The van der Waals surface area contributed by atoms with Gasteiger partial charge in [0.05, 0.1) is 0 Å². The largest absolute Gasteiger partial charge is 0.355 e. The molecule has 1 fully saturated rings. The highest BCUT2D eigenvalue weighted by Crippen LogP contribution is 2.36. The van der Waals surface area contributed by atoms with E-state index in [4.69, 9.17) is 5.73 Å². The van der Waals surface area contributed by atoms with Crippen molar-refractivity contribution >= 4 is 17.7 Å². The van der Waals surface area contributed by atoms with Crippen molar-refractivity contribution < 1.29 is 4.79 Å². The van der Waals surface area contributed by atoms with E-state index in [1.807, 2.05) is 11.8 Å². The fourth-order valence-corrected chi connectivity index (χ4v) is 3.08. The first-order valence-corrected chi connectivity index (χ1v) is 7.38. The summed E-state index contributed by atoms with van der Waals surface area (Å²) in [6.45, 7) is 9.21. The third kappa shape index (κ3) is 4.88. The standard InChI is InChI=1S/C13H26N2OS/c1-12(2,3)10(14)8-11(16)15-9-13(4)6-5-7-17-13/h10H,5-9,14H2,1-4H3,(H,15,16). The maximum absolute atomic E-state index is 11.8. The van der Waals surface area contributed by atoms with Crippen molar-refractivity contribution in [2.75, 3.05) is 12.3 Å². The Morgan fingerprint density at radius 2 is 2.18 bits per heavy atom. The van der Waals surface area contributed by atoms with E-state index in [1.54, 1.807) is 0 Å². The number of hydrogen-bond acceptors (Lipinski definition) is 3. The highest BCUT2D eigenvalue weighted by atomic mass is 32.2. The predicted molar refractivity (Wildman–Crippen MR) is 75.2 cm³/mol. The molecule has 1 rings (SSSR count). The molecule has 2 unspecified atom stereocenters. The summed E-state index contributed by atoms with van der Waals surface area (Å²) in [4.78, 5) is 11.8. The van der Waals surface area contributed by atoms with E-state index in [0.29, 0.717) is 6.42 Å². The first-order valence-electron chi connectivity index (χ1n) is 6.39. The Balaban J connectivity index is 2.30. The smallest absolute Gasteiger partial charge is 0.221 e. The predicted octanol–water partition coefficient (Wildman–Crippen LogP) is 2.15. The van der Waals surface area contributed by atoms with Gasteiger partial charge in [0.15, 0.2) is 0 Å². The normalized spacial score (nSPS) is 26.9. The summed E-state index contributed by atoms with van der Waals surface area (Å²) in [6.07, 6.45) is 2.88. The molecule has 0 bridgehead atoms. The van der Waals surface area contributed by atoms with Gasteiger partial charge < -0.3 is 11.1 Å². The second-order valence-electron chi connectivity index (χ2n) is 6.36. The van der Waals surface area contributed by atoms with Crippen LogP contribution in [0, 0.1) is 5.41 Å². The fourth-order valence-electron chi connectivity index (χ4n) is 1.84. The van der Waals surface area contributed by atoms with Crippen molar-refractivity contribution in [3.8, 4) is 0 Å². The van der Waals surface area contributed by atoms with E-state index in [1.165, 1.54) is 18.6 Å². The van der Waals surface area contributed by atoms with E-state index in [0.717, 1.165) is 6.54 Å². The third-order valence-electron chi connectivity index (χ3n) is 3.48. The van der Waals surface area contributed by atoms with Gasteiger partial charge in [-0.15, -0.1) is 0 Å². The molecule has 0 spiro atoms. The number of rotatable bonds is 4. The zero-order valence-electron chi connectivity index (χ0n) is 11.5. The molecule has 0 aromatic carbocycles. The van der Waals surface area contributed by atoms with Crippen LogP contribution in [0.15, 0.2) is 0 Å². The van der Waals surface area contributed by atoms with Crippen molar-refractivity contribution in [1.29, 1.82) is 0 Å². The molecule has 1 aliphatic rings. The van der Waals surface area contributed by atoms with Gasteiger partial charge in [-0.05, 0) is 30.9 Å². The molecule has 3 N–H and O–H groups in total. The summed E-state index contributed by atoms with van der Waals surface area (Å²) in [5, 5.41) is 3.03. The second kappa shape index (κ2) is 5.61. The van der Waals surface area contributed by atoms with Gasteiger partial charge in [-0.1, -0.05) is 20.8 Å². The number of carbonyl (C=O) groups excluding carboxylic acids is 1. The average Bonchev–Trinajstić information content (AvgIpc) is 2.61. The Bertz CT molecular complexity index is 267. The molecular weight excluding hydrogens is 232 g/mol. The summed E-state index contributed by atoms with van der Waals surface area (Å²) in [5.41, 5.74) is 5.99. The van der Waals surface area contributed by atoms with Gasteiger partial charge in [-0.2, -0.15) is 11.8 Å². The monoisotopic (exact) mass is 258 g/mol. The van der Waals surface area contributed by atoms with Crippen LogP contribution in [0.5, 0.6) is 0 Å². The van der Waals surface area contributed by atoms with Crippen LogP contribution in [0.4, 0.5) is 0 Å². The van der Waals surface area contributed by atoms with Gasteiger partial charge in [-0.25, -0.2) is 0 Å². The molecule has 0 aromatic rings. The number of amides is 1. The molecule has 17 heavy (non-hydrogen) atoms. The van der Waals surface area contributed by atoms with Gasteiger partial charge in [0.2, 0.25) is 5.91 Å². The van der Waals surface area contributed by atoms with Gasteiger partial charge >= 0.3 is 0 Å². The molecule has 0 radical (unpaired) electrons. The van der Waals surface area contributed by atoms with Crippen LogP contribution in [-0.2, 0) is 4.79 Å². The Hall–Kier alpha value is -0.220. The fraction of sp³-hybridized carbons (Fsp3) is 0.923. The van der Waals surface area contributed by atoms with Gasteiger partial charge in [-0.3, -0.25) is 4.79 Å². The van der Waals surface area contributed by atoms with Gasteiger partial charge in [0, 0.05) is 23.8 Å². The van der Waals surface area contributed by atoms with E-state index in [-0.39, 0.29) is 22.1 Å². The molecule has 0 aromatic heterocycles. The minimum Gasteiger partial charge on any atom is -0.355 e. The molecule has 1 amide bonds. The van der Waals surface area contributed by atoms with Crippen LogP contribution in [0.3, 0.4) is 0 Å². The topological polar surface area (TPSA) is 55.1 Å². The van der Waals surface area contributed by atoms with E-state index >= 15 is 0 Å². The number of nitrogens with two attached hydrogens (primary N) is 1. The summed E-state index contributed by atoms with van der Waals surface area (Å²) in [5.74, 6) is 1.30. The van der Waals surface area contributed by atoms with Crippen LogP contribution in [0.2, 0.25) is 0 Å². The molecule has 3 nitrogen and oxygen atoms in total. The average molecular weight is 258 g/mol. The first-order chi connectivity index (χ1) is 7.73. The summed E-state index contributed by atoms with van der Waals surface area (Å²) in [6, 6.07) is -0.0773. The van der Waals surface area contributed by atoms with Crippen molar-refractivity contribution in [3.63, 3.8) is 0 Å². The van der Waals surface area contributed by atoms with E-state index < -0.39 is 0 Å². The van der Waals surface area contributed by atoms with Crippen LogP contribution in [0.25, 0.3) is 0 Å². The lowest BCUT2D eigenvalue weighted by atomic mass is 9.85. The third-order valence-corrected chi connectivity index (χ3v) is 5.02. The van der Waals surface area contributed by atoms with Crippen molar-refractivity contribution in [1.82, 2.24) is 5.32 Å². The zero-order chi connectivity index (χ0) is 13.1. The molecule has 0 aliphatic carbocycles. The lowest BCUT2D eigenvalue weighted by molar-refractivity contribution is -0.122. The quantitative estimate of drug-likeness (QED) is 0.812. The molecular formula is C13H26N2OS. The zero-order valence-corrected chi connectivity index (χ0v) is 12.3. The Labute approximate surface area is 109 Å². The summed E-state index contributed by atoms with van der Waals surface area (Å²) < 4.78 is 0.238. The molecule has 4 heteroatoms. The van der Waals surface area contributed by atoms with Crippen molar-refractivity contribution in [3.05, 3.63) is 0 Å². The van der Waals surface area contributed by atoms with Crippen molar-refractivity contribution in [2.45, 2.75) is 57.7 Å². The van der Waals surface area contributed by atoms with Crippen LogP contribution < -0.4 is 11.1 Å². The van der Waals surface area contributed by atoms with E-state index in [9.17, 15) is 4.79 Å². The highest BCUT2D eigenvalue weighted by molar-refractivity contribution is 8.00. The minimum atomic E-state index is -0.0773. The maximum atomic E-state index is 11.8. The van der Waals surface area contributed by atoms with E-state index in [2.05, 4.69) is 33.0 Å². The lowest BCUT2D eigenvalue weighted by Crippen LogP contribution is -2.43. The van der Waals surface area contributed by atoms with Gasteiger partial charge in [0.25, 0.3) is 0 Å². The molecule has 100 valence electrons. The Kier molecular flexibility index (Phi) is 4.90. The minimum absolute atomic E-state index is 0.0106. The van der Waals surface area contributed by atoms with Crippen LogP contribution in [-0.4, -0.2) is 29.0 Å². The molecule has 2 atom stereocenters. The number of hydrogen-bond donors (Lipinski definition) is 2. The van der Waals surface area contributed by atoms with Crippen LogP contribution >= 0.6 is 11.8 Å². The molecule has 1 saturated heterocycles. The maximum Gasteiger partial charge on any atom is 0.221 e. The number of carbonyl (C=O) groups is 1. The summed E-state index contributed by atoms with van der Waals surface area (Å²) in [7, 11) is 0. The lowest BCUT2D eigenvalue weighted by Gasteiger charge is -2.27. The van der Waals surface area contributed by atoms with Gasteiger partial charge in [0.1, 0.15) is 0 Å². The Morgan fingerprint density at radius 1 is 1.53 bits per heavy atom. The van der Waals surface area contributed by atoms with Crippen LogP contribution in [0.1, 0.15) is 47.0 Å². The SMILES string of the molecule is CC1(CNC(=O)CC(N)C(C)(C)C)CCCS1. The second-order valence-corrected chi connectivity index (χ2v) is 8.04. The molecule has 1 aliphatic heterocycles.